The van der Waals surface area contributed by atoms with Gasteiger partial charge in [0.1, 0.15) is 0 Å². The number of ketones is 1. The van der Waals surface area contributed by atoms with Gasteiger partial charge in [0.05, 0.1) is 23.8 Å². The number of nitrogens with one attached hydrogen (secondary N) is 1. The summed E-state index contributed by atoms with van der Waals surface area (Å²) in [5.74, 6) is -1.49. The lowest BCUT2D eigenvalue weighted by atomic mass is 9.78. The van der Waals surface area contributed by atoms with Crippen LogP contribution in [-0.2, 0) is 14.4 Å². The smallest absolute Gasteiger partial charge is 0.303 e. The maximum absolute atomic E-state index is 14.0. The van der Waals surface area contributed by atoms with Gasteiger partial charge in [-0.1, -0.05) is 48.0 Å². The number of carboxylic acid groups (broad SMARTS) is 1. The first-order chi connectivity index (χ1) is 18.7. The number of benzene rings is 3. The van der Waals surface area contributed by atoms with Gasteiger partial charge in [0.2, 0.25) is 5.91 Å². The molecule has 3 aromatic carbocycles. The van der Waals surface area contributed by atoms with Crippen molar-refractivity contribution in [3.8, 4) is 0 Å². The minimum atomic E-state index is -1.05. The summed E-state index contributed by atoms with van der Waals surface area (Å²) in [5, 5.41) is 13.4. The van der Waals surface area contributed by atoms with E-state index >= 15 is 0 Å². The van der Waals surface area contributed by atoms with E-state index in [0.29, 0.717) is 34.8 Å². The zero-order chi connectivity index (χ0) is 27.7. The summed E-state index contributed by atoms with van der Waals surface area (Å²) in [6, 6.07) is 22.1. The maximum atomic E-state index is 14.0. The summed E-state index contributed by atoms with van der Waals surface area (Å²) in [6.45, 7) is 0. The predicted octanol–water partition coefficient (Wildman–Crippen LogP) is 6.17. The Balaban J connectivity index is 1.67. The fraction of sp³-hybridized carbons (Fsp3) is 0.258. The third-order valence-corrected chi connectivity index (χ3v) is 7.63. The highest BCUT2D eigenvalue weighted by Crippen LogP contribution is 2.47. The molecule has 0 unspecified atom stereocenters. The van der Waals surface area contributed by atoms with Crippen molar-refractivity contribution in [2.75, 3.05) is 29.2 Å². The van der Waals surface area contributed by atoms with Crippen LogP contribution < -0.4 is 15.1 Å². The van der Waals surface area contributed by atoms with Gasteiger partial charge >= 0.3 is 5.97 Å². The molecule has 1 heterocycles. The van der Waals surface area contributed by atoms with Gasteiger partial charge < -0.3 is 15.3 Å². The summed E-state index contributed by atoms with van der Waals surface area (Å²) < 4.78 is 0. The molecule has 0 spiro atoms. The molecule has 1 aliphatic heterocycles. The number of Topliss-reactive ketones (excluding diaryl/α,β-unsaturated/α-hetero) is 1. The summed E-state index contributed by atoms with van der Waals surface area (Å²) in [4.78, 5) is 42.7. The van der Waals surface area contributed by atoms with E-state index in [1.165, 1.54) is 0 Å². The number of halogens is 1. The predicted molar refractivity (Wildman–Crippen MR) is 153 cm³/mol. The number of hydrogen-bond donors (Lipinski definition) is 2. The fourth-order valence-electron chi connectivity index (χ4n) is 5.44. The number of para-hydroxylation sites is 2. The number of nitrogens with zero attached hydrogens (tertiary/aromatic N) is 2. The number of carbonyl (C=O) groups is 3. The van der Waals surface area contributed by atoms with Crippen molar-refractivity contribution in [2.45, 2.75) is 37.6 Å². The molecular weight excluding hydrogens is 514 g/mol. The van der Waals surface area contributed by atoms with Crippen LogP contribution in [0.3, 0.4) is 0 Å². The molecule has 2 N–H and O–H groups in total. The lowest BCUT2D eigenvalue weighted by molar-refractivity contribution is -0.138. The molecule has 1 amide bonds. The van der Waals surface area contributed by atoms with E-state index < -0.39 is 12.0 Å². The molecule has 0 fully saturated rings. The summed E-state index contributed by atoms with van der Waals surface area (Å²) in [6.07, 6.45) is 0.401. The van der Waals surface area contributed by atoms with Gasteiger partial charge in [-0.05, 0) is 59.9 Å². The second kappa shape index (κ2) is 10.9. The van der Waals surface area contributed by atoms with Gasteiger partial charge in [0.15, 0.2) is 5.78 Å². The molecule has 2 aliphatic rings. The monoisotopic (exact) mass is 543 g/mol. The van der Waals surface area contributed by atoms with E-state index in [2.05, 4.69) is 5.32 Å². The highest BCUT2D eigenvalue weighted by molar-refractivity contribution is 6.30. The Morgan fingerprint density at radius 3 is 2.28 bits per heavy atom. The van der Waals surface area contributed by atoms with Crippen LogP contribution in [0.15, 0.2) is 84.1 Å². The largest absolute Gasteiger partial charge is 0.481 e. The Bertz CT molecular complexity index is 1450. The third-order valence-electron chi connectivity index (χ3n) is 7.38. The summed E-state index contributed by atoms with van der Waals surface area (Å²) in [5.41, 5.74) is 5.42. The second-order valence-electron chi connectivity index (χ2n) is 10.2. The Hall–Kier alpha value is -4.10. The minimum Gasteiger partial charge on any atom is -0.481 e. The van der Waals surface area contributed by atoms with Crippen LogP contribution in [0.1, 0.15) is 48.8 Å². The maximum Gasteiger partial charge on any atom is 0.303 e. The van der Waals surface area contributed by atoms with Crippen LogP contribution in [0.5, 0.6) is 0 Å². The molecule has 200 valence electrons. The van der Waals surface area contributed by atoms with E-state index in [0.717, 1.165) is 22.5 Å². The normalized spacial score (nSPS) is 18.5. The number of amides is 1. The van der Waals surface area contributed by atoms with Gasteiger partial charge in [-0.3, -0.25) is 19.3 Å². The number of hydrogen-bond acceptors (Lipinski definition) is 5. The molecule has 0 radical (unpaired) electrons. The zero-order valence-electron chi connectivity index (χ0n) is 21.9. The van der Waals surface area contributed by atoms with Gasteiger partial charge in [0, 0.05) is 48.9 Å². The summed E-state index contributed by atoms with van der Waals surface area (Å²) in [7, 11) is 3.90. The number of carbonyl (C=O) groups excluding carboxylic acids is 2. The van der Waals surface area contributed by atoms with E-state index in [1.54, 1.807) is 4.90 Å². The van der Waals surface area contributed by atoms with E-state index in [9.17, 15) is 19.5 Å². The van der Waals surface area contributed by atoms with E-state index in [-0.39, 0.29) is 30.4 Å². The fourth-order valence-corrected chi connectivity index (χ4v) is 5.57. The molecule has 8 heteroatoms. The van der Waals surface area contributed by atoms with Gasteiger partial charge in [0.25, 0.3) is 0 Å². The van der Waals surface area contributed by atoms with Crippen LogP contribution in [0, 0.1) is 0 Å². The Morgan fingerprint density at radius 2 is 1.62 bits per heavy atom. The molecule has 0 saturated heterocycles. The first kappa shape index (κ1) is 26.5. The molecule has 0 bridgehead atoms. The van der Waals surface area contributed by atoms with Gasteiger partial charge in [-0.25, -0.2) is 0 Å². The lowest BCUT2D eigenvalue weighted by Gasteiger charge is -2.35. The third kappa shape index (κ3) is 5.40. The molecule has 39 heavy (non-hydrogen) atoms. The lowest BCUT2D eigenvalue weighted by Crippen LogP contribution is -2.38. The first-order valence-corrected chi connectivity index (χ1v) is 13.3. The standard InChI is InChI=1S/C31H30ClN3O4/c1-34(2)23-13-9-20(10-14-23)31-30-25(17-21(18-27(30)36)19-7-11-22(32)12-8-19)33-24-5-3-4-6-26(24)35(31)28(37)15-16-29(38)39/h3-14,21,31,33H,15-18H2,1-2H3,(H,38,39)/t21-,31-/m1/s1. The van der Waals surface area contributed by atoms with Crippen LogP contribution in [-0.4, -0.2) is 36.9 Å². The summed E-state index contributed by atoms with van der Waals surface area (Å²) >= 11 is 6.11. The van der Waals surface area contributed by atoms with Crippen molar-refractivity contribution in [1.82, 2.24) is 0 Å². The SMILES string of the molecule is CN(C)c1ccc([C@@H]2C3=C(C[C@@H](c4ccc(Cl)cc4)CC3=O)Nc3ccccc3N2C(=O)CCC(=O)O)cc1. The van der Waals surface area contributed by atoms with Crippen LogP contribution >= 0.6 is 11.6 Å². The Morgan fingerprint density at radius 1 is 0.949 bits per heavy atom. The van der Waals surface area contributed by atoms with Crippen LogP contribution in [0.25, 0.3) is 0 Å². The average molecular weight is 544 g/mol. The molecule has 5 rings (SSSR count). The van der Waals surface area contributed by atoms with Crippen molar-refractivity contribution in [1.29, 1.82) is 0 Å². The number of carboxylic acids is 1. The van der Waals surface area contributed by atoms with E-state index in [4.69, 9.17) is 11.6 Å². The highest BCUT2D eigenvalue weighted by Gasteiger charge is 2.41. The number of fused-ring (bicyclic) bond motifs is 1. The second-order valence-corrected chi connectivity index (χ2v) is 10.6. The number of allylic oxidation sites excluding steroid dienone is 1. The first-order valence-electron chi connectivity index (χ1n) is 12.9. The van der Waals surface area contributed by atoms with Gasteiger partial charge in [-0.15, -0.1) is 0 Å². The molecule has 2 atom stereocenters. The van der Waals surface area contributed by atoms with Crippen molar-refractivity contribution in [3.05, 3.63) is 100 Å². The Kier molecular flexibility index (Phi) is 7.44. The number of anilines is 3. The highest BCUT2D eigenvalue weighted by atomic mass is 35.5. The zero-order valence-corrected chi connectivity index (χ0v) is 22.6. The van der Waals surface area contributed by atoms with Crippen molar-refractivity contribution < 1.29 is 19.5 Å². The van der Waals surface area contributed by atoms with Gasteiger partial charge in [-0.2, -0.15) is 0 Å². The van der Waals surface area contributed by atoms with Crippen molar-refractivity contribution in [2.24, 2.45) is 0 Å². The topological polar surface area (TPSA) is 90.0 Å². The van der Waals surface area contributed by atoms with Crippen molar-refractivity contribution >= 4 is 46.3 Å². The molecule has 0 aromatic heterocycles. The molecular formula is C31H30ClN3O4. The molecule has 7 nitrogen and oxygen atoms in total. The molecule has 1 aliphatic carbocycles. The number of aliphatic carboxylic acids is 1. The average Bonchev–Trinajstić information content (AvgIpc) is 3.07. The molecule has 3 aromatic rings. The van der Waals surface area contributed by atoms with Crippen molar-refractivity contribution in [3.63, 3.8) is 0 Å². The van der Waals surface area contributed by atoms with Crippen LogP contribution in [0.2, 0.25) is 5.02 Å². The number of rotatable bonds is 6. The van der Waals surface area contributed by atoms with Crippen LogP contribution in [0.4, 0.5) is 17.1 Å². The minimum absolute atomic E-state index is 0.0424. The van der Waals surface area contributed by atoms with E-state index in [1.807, 2.05) is 91.8 Å². The Labute approximate surface area is 232 Å². The molecule has 0 saturated carbocycles. The quantitative estimate of drug-likeness (QED) is 0.386.